The largest absolute Gasteiger partial charge is 0.322 e. The molecular weight excluding hydrogens is 428 g/mol. The lowest BCUT2D eigenvalue weighted by atomic mass is 10.1. The maximum atomic E-state index is 13.0. The summed E-state index contributed by atoms with van der Waals surface area (Å²) >= 11 is 6.23. The van der Waals surface area contributed by atoms with Crippen LogP contribution < -0.4 is 5.32 Å². The Kier molecular flexibility index (Phi) is 13.7. The van der Waals surface area contributed by atoms with Crippen LogP contribution in [0.25, 0.3) is 0 Å². The van der Waals surface area contributed by atoms with E-state index in [-0.39, 0.29) is 6.03 Å². The molecule has 182 valence electrons. The van der Waals surface area contributed by atoms with E-state index in [9.17, 15) is 4.79 Å². The summed E-state index contributed by atoms with van der Waals surface area (Å²) in [4.78, 5) is 14.9. The van der Waals surface area contributed by atoms with E-state index in [1.807, 2.05) is 48.2 Å². The van der Waals surface area contributed by atoms with Gasteiger partial charge < -0.3 is 10.2 Å². The fourth-order valence-corrected chi connectivity index (χ4v) is 4.25. The average molecular weight is 471 g/mol. The molecule has 0 aliphatic rings. The molecule has 0 unspecified atom stereocenters. The van der Waals surface area contributed by atoms with Crippen LogP contribution in [0.2, 0.25) is 5.02 Å². The lowest BCUT2D eigenvalue weighted by molar-refractivity contribution is 0.207. The molecule has 0 saturated heterocycles. The van der Waals surface area contributed by atoms with Crippen LogP contribution in [0.4, 0.5) is 10.5 Å². The van der Waals surface area contributed by atoms with Gasteiger partial charge in [-0.05, 0) is 36.6 Å². The summed E-state index contributed by atoms with van der Waals surface area (Å²) in [5.74, 6) is 0. The first-order valence-corrected chi connectivity index (χ1v) is 13.3. The van der Waals surface area contributed by atoms with Crippen molar-refractivity contribution in [2.75, 3.05) is 11.9 Å². The van der Waals surface area contributed by atoms with Gasteiger partial charge >= 0.3 is 6.03 Å². The number of aryl methyl sites for hydroxylation is 1. The molecule has 0 heterocycles. The number of hydrogen-bond donors (Lipinski definition) is 1. The maximum absolute atomic E-state index is 13.0. The number of unbranched alkanes of at least 4 members (excludes halogenated alkanes) is 11. The second-order valence-corrected chi connectivity index (χ2v) is 9.60. The van der Waals surface area contributed by atoms with Crippen molar-refractivity contribution in [1.82, 2.24) is 4.90 Å². The number of nitrogens with one attached hydrogen (secondary N) is 1. The van der Waals surface area contributed by atoms with Gasteiger partial charge in [-0.25, -0.2) is 4.79 Å². The fourth-order valence-electron chi connectivity index (χ4n) is 4.07. The zero-order chi connectivity index (χ0) is 23.7. The molecule has 2 aromatic carbocycles. The van der Waals surface area contributed by atoms with E-state index >= 15 is 0 Å². The molecule has 0 saturated carbocycles. The number of carbonyl (C=O) groups is 1. The van der Waals surface area contributed by atoms with Crippen LogP contribution in [0.5, 0.6) is 0 Å². The van der Waals surface area contributed by atoms with Gasteiger partial charge in [0.05, 0.1) is 0 Å². The molecule has 0 fully saturated rings. The summed E-state index contributed by atoms with van der Waals surface area (Å²) in [6.45, 7) is 5.61. The first-order chi connectivity index (χ1) is 16.1. The van der Waals surface area contributed by atoms with Gasteiger partial charge in [0.15, 0.2) is 0 Å². The van der Waals surface area contributed by atoms with Crippen molar-refractivity contribution in [1.29, 1.82) is 0 Å². The molecule has 4 heteroatoms. The van der Waals surface area contributed by atoms with Crippen molar-refractivity contribution >= 4 is 23.3 Å². The molecule has 2 rings (SSSR count). The van der Waals surface area contributed by atoms with Gasteiger partial charge in [0, 0.05) is 23.8 Å². The molecular formula is C29H43ClN2O. The third kappa shape index (κ3) is 11.6. The van der Waals surface area contributed by atoms with Crippen LogP contribution in [0.3, 0.4) is 0 Å². The first-order valence-electron chi connectivity index (χ1n) is 13.0. The van der Waals surface area contributed by atoms with Gasteiger partial charge in [0.1, 0.15) is 0 Å². The summed E-state index contributed by atoms with van der Waals surface area (Å²) in [5, 5.41) is 3.70. The Hall–Kier alpha value is -2.00. The maximum Gasteiger partial charge on any atom is 0.322 e. The van der Waals surface area contributed by atoms with Crippen LogP contribution >= 0.6 is 11.6 Å². The lowest BCUT2D eigenvalue weighted by Gasteiger charge is -2.23. The third-order valence-corrected chi connectivity index (χ3v) is 6.62. The molecule has 1 N–H and O–H groups in total. The first kappa shape index (κ1) is 27.2. The van der Waals surface area contributed by atoms with E-state index in [4.69, 9.17) is 11.6 Å². The number of carbonyl (C=O) groups excluding carboxylic acids is 1. The van der Waals surface area contributed by atoms with Gasteiger partial charge in [-0.1, -0.05) is 126 Å². The summed E-state index contributed by atoms with van der Waals surface area (Å²) in [6.07, 6.45) is 15.8. The lowest BCUT2D eigenvalue weighted by Crippen LogP contribution is -2.35. The smallest absolute Gasteiger partial charge is 0.320 e. The fraction of sp³-hybridized carbons (Fsp3) is 0.552. The molecule has 2 aromatic rings. The van der Waals surface area contributed by atoms with Crippen LogP contribution in [-0.2, 0) is 6.54 Å². The number of halogens is 1. The molecule has 3 nitrogen and oxygen atoms in total. The van der Waals surface area contributed by atoms with Gasteiger partial charge in [0.2, 0.25) is 0 Å². The molecule has 0 aromatic heterocycles. The van der Waals surface area contributed by atoms with Crippen LogP contribution in [0.1, 0.15) is 95.1 Å². The number of rotatable bonds is 16. The molecule has 0 spiro atoms. The molecule has 0 aliphatic heterocycles. The highest BCUT2D eigenvalue weighted by atomic mass is 35.5. The summed E-state index contributed by atoms with van der Waals surface area (Å²) in [7, 11) is 0. The quantitative estimate of drug-likeness (QED) is 0.243. The van der Waals surface area contributed by atoms with Crippen molar-refractivity contribution < 1.29 is 4.79 Å². The van der Waals surface area contributed by atoms with E-state index in [0.717, 1.165) is 29.8 Å². The molecule has 0 atom stereocenters. The molecule has 0 bridgehead atoms. The van der Waals surface area contributed by atoms with Crippen molar-refractivity contribution in [3.8, 4) is 0 Å². The Labute approximate surface area is 206 Å². The Bertz CT molecular complexity index is 793. The monoisotopic (exact) mass is 470 g/mol. The Balaban J connectivity index is 1.72. The highest BCUT2D eigenvalue weighted by molar-refractivity contribution is 6.31. The molecule has 0 radical (unpaired) electrons. The minimum Gasteiger partial charge on any atom is -0.320 e. The van der Waals surface area contributed by atoms with Crippen LogP contribution in [0, 0.1) is 6.92 Å². The van der Waals surface area contributed by atoms with Gasteiger partial charge in [-0.15, -0.1) is 0 Å². The Morgan fingerprint density at radius 1 is 0.818 bits per heavy atom. The van der Waals surface area contributed by atoms with Gasteiger partial charge in [-0.2, -0.15) is 0 Å². The Morgan fingerprint density at radius 3 is 1.97 bits per heavy atom. The summed E-state index contributed by atoms with van der Waals surface area (Å²) < 4.78 is 0. The van der Waals surface area contributed by atoms with Crippen LogP contribution in [0.15, 0.2) is 48.5 Å². The Morgan fingerprint density at radius 2 is 1.39 bits per heavy atom. The third-order valence-electron chi connectivity index (χ3n) is 6.21. The van der Waals surface area contributed by atoms with E-state index in [1.165, 1.54) is 70.6 Å². The van der Waals surface area contributed by atoms with E-state index in [2.05, 4.69) is 24.4 Å². The predicted octanol–water partition coefficient (Wildman–Crippen LogP) is 9.38. The predicted molar refractivity (Wildman–Crippen MR) is 143 cm³/mol. The zero-order valence-corrected chi connectivity index (χ0v) is 21.5. The SMILES string of the molecule is CCCCCCCCCCCCCCN(Cc1ccccc1)C(=O)Nc1ccc(C)c(Cl)c1. The van der Waals surface area contributed by atoms with Crippen molar-refractivity contribution in [3.63, 3.8) is 0 Å². The minimum atomic E-state index is -0.0677. The van der Waals surface area contributed by atoms with Crippen molar-refractivity contribution in [2.24, 2.45) is 0 Å². The normalized spacial score (nSPS) is 10.9. The zero-order valence-electron chi connectivity index (χ0n) is 20.8. The van der Waals surface area contributed by atoms with Crippen molar-refractivity contribution in [3.05, 3.63) is 64.7 Å². The van der Waals surface area contributed by atoms with Gasteiger partial charge in [0.25, 0.3) is 0 Å². The number of anilines is 1. The van der Waals surface area contributed by atoms with E-state index in [1.54, 1.807) is 0 Å². The molecule has 0 aliphatic carbocycles. The van der Waals surface area contributed by atoms with Crippen molar-refractivity contribution in [2.45, 2.75) is 97.4 Å². The summed E-state index contributed by atoms with van der Waals surface area (Å²) in [6, 6.07) is 15.8. The topological polar surface area (TPSA) is 32.3 Å². The standard InChI is InChI=1S/C29H43ClN2O/c1-3-4-5-6-7-8-9-10-11-12-13-17-22-32(24-26-18-15-14-16-19-26)29(33)31-27-21-20-25(2)28(30)23-27/h14-16,18-21,23H,3-13,17,22,24H2,1-2H3,(H,31,33). The number of hydrogen-bond acceptors (Lipinski definition) is 1. The second-order valence-electron chi connectivity index (χ2n) is 9.19. The van der Waals surface area contributed by atoms with Gasteiger partial charge in [-0.3, -0.25) is 0 Å². The number of benzene rings is 2. The highest BCUT2D eigenvalue weighted by Gasteiger charge is 2.14. The van der Waals surface area contributed by atoms with E-state index < -0.39 is 0 Å². The number of urea groups is 1. The number of nitrogens with zero attached hydrogens (tertiary/aromatic N) is 1. The van der Waals surface area contributed by atoms with E-state index in [0.29, 0.717) is 11.6 Å². The highest BCUT2D eigenvalue weighted by Crippen LogP contribution is 2.21. The minimum absolute atomic E-state index is 0.0677. The number of amides is 2. The molecule has 2 amide bonds. The van der Waals surface area contributed by atoms with Crippen LogP contribution in [-0.4, -0.2) is 17.5 Å². The summed E-state index contributed by atoms with van der Waals surface area (Å²) in [5.41, 5.74) is 2.89. The second kappa shape index (κ2) is 16.6. The average Bonchev–Trinajstić information content (AvgIpc) is 2.82. The molecule has 33 heavy (non-hydrogen) atoms.